The fourth-order valence-corrected chi connectivity index (χ4v) is 1.04. The molecule has 1 heteroatoms. The molecule has 0 saturated heterocycles. The maximum Gasteiger partial charge on any atom is 0.0433 e. The lowest BCUT2D eigenvalue weighted by Gasteiger charge is -2.09. The van der Waals surface area contributed by atoms with Crippen molar-refractivity contribution in [3.63, 3.8) is 0 Å². The number of rotatable bonds is 5. The summed E-state index contributed by atoms with van der Waals surface area (Å²) in [5.41, 5.74) is 3.23. The molecular formula is C13H19N. The van der Waals surface area contributed by atoms with Gasteiger partial charge in [-0.1, -0.05) is 37.5 Å². The molecule has 0 heterocycles. The molecule has 0 aliphatic heterocycles. The second kappa shape index (κ2) is 6.96. The first-order chi connectivity index (χ1) is 6.63. The summed E-state index contributed by atoms with van der Waals surface area (Å²) in [6.45, 7) is 13.6. The van der Waals surface area contributed by atoms with Crippen LogP contribution in [0, 0.1) is 0 Å². The molecule has 14 heavy (non-hydrogen) atoms. The van der Waals surface area contributed by atoms with E-state index in [0.717, 1.165) is 16.8 Å². The minimum absolute atomic E-state index is 1.02. The molecule has 0 aromatic heterocycles. The van der Waals surface area contributed by atoms with Crippen LogP contribution in [0.25, 0.3) is 0 Å². The Kier molecular flexibility index (Phi) is 6.21. The third-order valence-electron chi connectivity index (χ3n) is 1.70. The lowest BCUT2D eigenvalue weighted by Crippen LogP contribution is -2.07. The highest BCUT2D eigenvalue weighted by atomic mass is 14.9. The van der Waals surface area contributed by atoms with E-state index >= 15 is 0 Å². The molecule has 0 unspecified atom stereocenters. The van der Waals surface area contributed by atoms with E-state index in [0.29, 0.717) is 0 Å². The number of allylic oxidation sites excluding steroid dienone is 6. The van der Waals surface area contributed by atoms with Crippen molar-refractivity contribution in [1.29, 1.82) is 0 Å². The molecule has 0 fully saturated rings. The topological polar surface area (TPSA) is 12.0 Å². The SMILES string of the molecule is C=C/C=C\C(C)=C(\N/C=C\C)C(=C)C. The Morgan fingerprint density at radius 2 is 1.93 bits per heavy atom. The van der Waals surface area contributed by atoms with Crippen LogP contribution in [0.4, 0.5) is 0 Å². The zero-order valence-electron chi connectivity index (χ0n) is 9.30. The van der Waals surface area contributed by atoms with Gasteiger partial charge in [0.05, 0.1) is 0 Å². The normalized spacial score (nSPS) is 13.1. The predicted octanol–water partition coefficient (Wildman–Crippen LogP) is 3.70. The molecule has 0 amide bonds. The molecule has 0 aromatic carbocycles. The van der Waals surface area contributed by atoms with Crippen molar-refractivity contribution >= 4 is 0 Å². The molecule has 0 atom stereocenters. The van der Waals surface area contributed by atoms with Crippen LogP contribution in [0.2, 0.25) is 0 Å². The summed E-state index contributed by atoms with van der Waals surface area (Å²) >= 11 is 0. The summed E-state index contributed by atoms with van der Waals surface area (Å²) in [4.78, 5) is 0. The second-order valence-electron chi connectivity index (χ2n) is 3.08. The first-order valence-electron chi connectivity index (χ1n) is 4.67. The molecule has 0 aliphatic carbocycles. The molecule has 0 spiro atoms. The Hall–Kier alpha value is -1.50. The summed E-state index contributed by atoms with van der Waals surface area (Å²) in [7, 11) is 0. The highest BCUT2D eigenvalue weighted by Gasteiger charge is 1.97. The van der Waals surface area contributed by atoms with E-state index in [-0.39, 0.29) is 0 Å². The predicted molar refractivity (Wildman–Crippen MR) is 64.8 cm³/mol. The summed E-state index contributed by atoms with van der Waals surface area (Å²) in [5.74, 6) is 0. The van der Waals surface area contributed by atoms with Gasteiger partial charge in [0.15, 0.2) is 0 Å². The van der Waals surface area contributed by atoms with Crippen molar-refractivity contribution in [3.05, 3.63) is 60.5 Å². The molecule has 0 bridgehead atoms. The third kappa shape index (κ3) is 4.51. The van der Waals surface area contributed by atoms with Crippen molar-refractivity contribution in [2.24, 2.45) is 0 Å². The Morgan fingerprint density at radius 3 is 2.36 bits per heavy atom. The van der Waals surface area contributed by atoms with Crippen LogP contribution in [-0.4, -0.2) is 0 Å². The van der Waals surface area contributed by atoms with Crippen LogP contribution in [0.1, 0.15) is 20.8 Å². The molecule has 1 N–H and O–H groups in total. The van der Waals surface area contributed by atoms with Crippen molar-refractivity contribution < 1.29 is 0 Å². The van der Waals surface area contributed by atoms with Crippen LogP contribution in [0.5, 0.6) is 0 Å². The van der Waals surface area contributed by atoms with Crippen LogP contribution in [-0.2, 0) is 0 Å². The fourth-order valence-electron chi connectivity index (χ4n) is 1.04. The van der Waals surface area contributed by atoms with Gasteiger partial charge in [-0.15, -0.1) is 0 Å². The van der Waals surface area contributed by atoms with E-state index in [1.165, 1.54) is 0 Å². The Balaban J connectivity index is 4.84. The van der Waals surface area contributed by atoms with Crippen LogP contribution in [0.15, 0.2) is 60.5 Å². The zero-order chi connectivity index (χ0) is 11.0. The lowest BCUT2D eigenvalue weighted by molar-refractivity contribution is 1.04. The van der Waals surface area contributed by atoms with Gasteiger partial charge in [0, 0.05) is 5.70 Å². The Labute approximate surface area is 87.2 Å². The third-order valence-corrected chi connectivity index (χ3v) is 1.70. The number of hydrogen-bond acceptors (Lipinski definition) is 1. The smallest absolute Gasteiger partial charge is 0.0433 e. The first kappa shape index (κ1) is 12.5. The molecule has 0 aliphatic rings. The van der Waals surface area contributed by atoms with E-state index < -0.39 is 0 Å². The van der Waals surface area contributed by atoms with Crippen molar-refractivity contribution in [2.45, 2.75) is 20.8 Å². The van der Waals surface area contributed by atoms with E-state index in [1.807, 2.05) is 45.2 Å². The van der Waals surface area contributed by atoms with E-state index in [2.05, 4.69) is 18.5 Å². The van der Waals surface area contributed by atoms with Crippen molar-refractivity contribution in [3.8, 4) is 0 Å². The highest BCUT2D eigenvalue weighted by Crippen LogP contribution is 2.10. The average molecular weight is 189 g/mol. The van der Waals surface area contributed by atoms with Crippen molar-refractivity contribution in [1.82, 2.24) is 5.32 Å². The summed E-state index contributed by atoms with van der Waals surface area (Å²) in [6, 6.07) is 0. The quantitative estimate of drug-likeness (QED) is 0.650. The van der Waals surface area contributed by atoms with Gasteiger partial charge >= 0.3 is 0 Å². The molecule has 0 radical (unpaired) electrons. The van der Waals surface area contributed by atoms with E-state index in [4.69, 9.17) is 0 Å². The molecule has 0 saturated carbocycles. The Bertz CT molecular complexity index is 290. The molecule has 0 rings (SSSR count). The van der Waals surface area contributed by atoms with Gasteiger partial charge in [0.1, 0.15) is 0 Å². The average Bonchev–Trinajstić information content (AvgIpc) is 2.14. The fraction of sp³-hybridized carbons (Fsp3) is 0.231. The molecule has 0 aromatic rings. The maximum atomic E-state index is 3.92. The van der Waals surface area contributed by atoms with E-state index in [1.54, 1.807) is 6.08 Å². The van der Waals surface area contributed by atoms with Gasteiger partial charge in [0.25, 0.3) is 0 Å². The largest absolute Gasteiger partial charge is 0.362 e. The first-order valence-corrected chi connectivity index (χ1v) is 4.67. The van der Waals surface area contributed by atoms with Crippen LogP contribution in [0.3, 0.4) is 0 Å². The Morgan fingerprint density at radius 1 is 1.29 bits per heavy atom. The van der Waals surface area contributed by atoms with E-state index in [9.17, 15) is 0 Å². The highest BCUT2D eigenvalue weighted by molar-refractivity contribution is 5.36. The monoisotopic (exact) mass is 189 g/mol. The molecular weight excluding hydrogens is 170 g/mol. The molecule has 76 valence electrons. The summed E-state index contributed by atoms with van der Waals surface area (Å²) in [6.07, 6.45) is 9.53. The van der Waals surface area contributed by atoms with Gasteiger partial charge < -0.3 is 5.32 Å². The van der Waals surface area contributed by atoms with Gasteiger partial charge in [-0.25, -0.2) is 0 Å². The maximum absolute atomic E-state index is 3.92. The van der Waals surface area contributed by atoms with Crippen LogP contribution >= 0.6 is 0 Å². The van der Waals surface area contributed by atoms with Gasteiger partial charge in [0.2, 0.25) is 0 Å². The van der Waals surface area contributed by atoms with Gasteiger partial charge in [-0.3, -0.25) is 0 Å². The zero-order valence-corrected chi connectivity index (χ0v) is 9.30. The minimum Gasteiger partial charge on any atom is -0.362 e. The van der Waals surface area contributed by atoms with Gasteiger partial charge in [-0.2, -0.15) is 0 Å². The summed E-state index contributed by atoms with van der Waals surface area (Å²) in [5, 5.41) is 3.19. The lowest BCUT2D eigenvalue weighted by atomic mass is 10.1. The number of hydrogen-bond donors (Lipinski definition) is 1. The number of nitrogens with one attached hydrogen (secondary N) is 1. The van der Waals surface area contributed by atoms with Gasteiger partial charge in [-0.05, 0) is 38.1 Å². The standard InChI is InChI=1S/C13H19N/c1-6-8-9-12(5)13(11(3)4)14-10-7-2/h6-10,14H,1,3H2,2,4-5H3/b9-8-,10-7-,13-12+. The van der Waals surface area contributed by atoms with Crippen LogP contribution < -0.4 is 5.32 Å². The van der Waals surface area contributed by atoms with Crippen molar-refractivity contribution in [2.75, 3.05) is 0 Å². The summed E-state index contributed by atoms with van der Waals surface area (Å²) < 4.78 is 0. The molecule has 1 nitrogen and oxygen atoms in total. The second-order valence-corrected chi connectivity index (χ2v) is 3.08. The minimum atomic E-state index is 1.02.